The first-order valence-electron chi connectivity index (χ1n) is 6.23. The van der Waals surface area contributed by atoms with Crippen molar-refractivity contribution in [1.82, 2.24) is 0 Å². The molecule has 2 atom stereocenters. The zero-order valence-electron chi connectivity index (χ0n) is 10.7. The van der Waals surface area contributed by atoms with E-state index >= 15 is 0 Å². The minimum atomic E-state index is -0.661. The van der Waals surface area contributed by atoms with Gasteiger partial charge in [0.1, 0.15) is 0 Å². The fraction of sp³-hybridized carbons (Fsp3) is 0.923. The van der Waals surface area contributed by atoms with Crippen molar-refractivity contribution >= 4 is 5.97 Å². The van der Waals surface area contributed by atoms with E-state index in [4.69, 9.17) is 9.84 Å². The maximum Gasteiger partial charge on any atom is 0.306 e. The molecule has 2 unspecified atom stereocenters. The summed E-state index contributed by atoms with van der Waals surface area (Å²) in [5.74, 6) is -0.862. The van der Waals surface area contributed by atoms with Gasteiger partial charge >= 0.3 is 5.97 Å². The third-order valence-corrected chi connectivity index (χ3v) is 3.03. The van der Waals surface area contributed by atoms with Crippen LogP contribution in [0.25, 0.3) is 0 Å². The molecule has 0 aliphatic carbocycles. The van der Waals surface area contributed by atoms with Gasteiger partial charge in [0.2, 0.25) is 0 Å². The van der Waals surface area contributed by atoms with Crippen LogP contribution in [-0.4, -0.2) is 23.8 Å². The molecule has 0 spiro atoms. The van der Waals surface area contributed by atoms with Crippen molar-refractivity contribution < 1.29 is 14.6 Å². The maximum atomic E-state index is 11.0. The van der Waals surface area contributed by atoms with Gasteiger partial charge in [0.15, 0.2) is 0 Å². The zero-order chi connectivity index (χ0) is 12.2. The first kappa shape index (κ1) is 13.5. The van der Waals surface area contributed by atoms with Crippen LogP contribution >= 0.6 is 0 Å². The number of unbranched alkanes of at least 4 members (excludes halogenated alkanes) is 1. The molecule has 0 radical (unpaired) electrons. The van der Waals surface area contributed by atoms with Gasteiger partial charge in [-0.25, -0.2) is 0 Å². The zero-order valence-corrected chi connectivity index (χ0v) is 10.7. The fourth-order valence-corrected chi connectivity index (χ4v) is 1.91. The molecule has 0 saturated carbocycles. The van der Waals surface area contributed by atoms with Crippen molar-refractivity contribution in [3.63, 3.8) is 0 Å². The van der Waals surface area contributed by atoms with E-state index in [0.717, 1.165) is 25.9 Å². The molecular formula is C13H24O3. The van der Waals surface area contributed by atoms with Gasteiger partial charge in [0.05, 0.1) is 18.6 Å². The van der Waals surface area contributed by atoms with Gasteiger partial charge < -0.3 is 9.84 Å². The molecule has 1 aliphatic heterocycles. The maximum absolute atomic E-state index is 11.0. The minimum Gasteiger partial charge on any atom is -0.481 e. The van der Waals surface area contributed by atoms with Gasteiger partial charge in [-0.2, -0.15) is 0 Å². The predicted octanol–water partition coefficient (Wildman–Crippen LogP) is 3.08. The van der Waals surface area contributed by atoms with Gasteiger partial charge in [0.25, 0.3) is 0 Å². The molecule has 1 fully saturated rings. The van der Waals surface area contributed by atoms with Crippen LogP contribution in [0.2, 0.25) is 0 Å². The normalized spacial score (nSPS) is 21.8. The summed E-state index contributed by atoms with van der Waals surface area (Å²) in [6.45, 7) is 7.42. The molecule has 1 aliphatic rings. The SMILES string of the molecule is CC(C)(C)CCCCC(CC1CO1)C(=O)O. The molecule has 3 nitrogen and oxygen atoms in total. The first-order chi connectivity index (χ1) is 7.38. The van der Waals surface area contributed by atoms with Crippen LogP contribution in [0.15, 0.2) is 0 Å². The monoisotopic (exact) mass is 228 g/mol. The predicted molar refractivity (Wildman–Crippen MR) is 63.4 cm³/mol. The van der Waals surface area contributed by atoms with E-state index in [0.29, 0.717) is 11.8 Å². The lowest BCUT2D eigenvalue weighted by atomic mass is 9.88. The van der Waals surface area contributed by atoms with Crippen LogP contribution in [0.5, 0.6) is 0 Å². The molecule has 3 heteroatoms. The van der Waals surface area contributed by atoms with E-state index in [2.05, 4.69) is 20.8 Å². The third kappa shape index (κ3) is 6.11. The number of epoxide rings is 1. The molecule has 94 valence electrons. The van der Waals surface area contributed by atoms with Gasteiger partial charge in [-0.15, -0.1) is 0 Å². The number of carbonyl (C=O) groups is 1. The molecule has 1 rings (SSSR count). The molecule has 16 heavy (non-hydrogen) atoms. The Kier molecular flexibility index (Phi) is 4.78. The lowest BCUT2D eigenvalue weighted by Crippen LogP contribution is -2.16. The number of hydrogen-bond acceptors (Lipinski definition) is 2. The van der Waals surface area contributed by atoms with Crippen LogP contribution in [0, 0.1) is 11.3 Å². The summed E-state index contributed by atoms with van der Waals surface area (Å²) in [6.07, 6.45) is 5.03. The second-order valence-electron chi connectivity index (χ2n) is 6.03. The van der Waals surface area contributed by atoms with Crippen LogP contribution in [0.3, 0.4) is 0 Å². The van der Waals surface area contributed by atoms with Crippen molar-refractivity contribution in [2.45, 2.75) is 59.0 Å². The molecule has 0 aromatic carbocycles. The second-order valence-corrected chi connectivity index (χ2v) is 6.03. The number of rotatable bonds is 7. The Bertz CT molecular complexity index is 226. The number of ether oxygens (including phenoxy) is 1. The molecule has 1 N–H and O–H groups in total. The summed E-state index contributed by atoms with van der Waals surface area (Å²) < 4.78 is 5.09. The smallest absolute Gasteiger partial charge is 0.306 e. The fourth-order valence-electron chi connectivity index (χ4n) is 1.91. The Morgan fingerprint density at radius 2 is 2.06 bits per heavy atom. The second kappa shape index (κ2) is 5.67. The summed E-state index contributed by atoms with van der Waals surface area (Å²) in [5, 5.41) is 9.05. The Morgan fingerprint density at radius 1 is 1.44 bits per heavy atom. The molecule has 0 aromatic rings. The van der Waals surface area contributed by atoms with Crippen LogP contribution < -0.4 is 0 Å². The van der Waals surface area contributed by atoms with Crippen molar-refractivity contribution in [2.24, 2.45) is 11.3 Å². The Balaban J connectivity index is 2.14. The molecule has 0 aromatic heterocycles. The largest absolute Gasteiger partial charge is 0.481 e. The Hall–Kier alpha value is -0.570. The topological polar surface area (TPSA) is 49.8 Å². The van der Waals surface area contributed by atoms with Gasteiger partial charge in [-0.1, -0.05) is 33.6 Å². The van der Waals surface area contributed by atoms with Crippen LogP contribution in [-0.2, 0) is 9.53 Å². The van der Waals surface area contributed by atoms with E-state index in [1.807, 2.05) is 0 Å². The lowest BCUT2D eigenvalue weighted by molar-refractivity contribution is -0.142. The minimum absolute atomic E-state index is 0.201. The molecule has 1 heterocycles. The average molecular weight is 228 g/mol. The molecule has 0 bridgehead atoms. The summed E-state index contributed by atoms with van der Waals surface area (Å²) in [4.78, 5) is 11.0. The van der Waals surface area contributed by atoms with Crippen molar-refractivity contribution in [3.8, 4) is 0 Å². The van der Waals surface area contributed by atoms with Crippen molar-refractivity contribution in [2.75, 3.05) is 6.61 Å². The number of carboxylic acids is 1. The van der Waals surface area contributed by atoms with E-state index in [-0.39, 0.29) is 12.0 Å². The first-order valence-corrected chi connectivity index (χ1v) is 6.23. The molecular weight excluding hydrogens is 204 g/mol. The van der Waals surface area contributed by atoms with Crippen molar-refractivity contribution in [1.29, 1.82) is 0 Å². The van der Waals surface area contributed by atoms with Gasteiger partial charge in [-0.3, -0.25) is 4.79 Å². The number of aliphatic carboxylic acids is 1. The van der Waals surface area contributed by atoms with E-state index in [1.165, 1.54) is 6.42 Å². The standard InChI is InChI=1S/C13H24O3/c1-13(2,3)7-5-4-6-10(12(14)15)8-11-9-16-11/h10-11H,4-9H2,1-3H3,(H,14,15). The summed E-state index contributed by atoms with van der Waals surface area (Å²) in [7, 11) is 0. The summed E-state index contributed by atoms with van der Waals surface area (Å²) in [5.41, 5.74) is 0.359. The van der Waals surface area contributed by atoms with Crippen LogP contribution in [0.1, 0.15) is 52.9 Å². The van der Waals surface area contributed by atoms with Gasteiger partial charge in [-0.05, 0) is 24.7 Å². The van der Waals surface area contributed by atoms with E-state index in [1.54, 1.807) is 0 Å². The molecule has 1 saturated heterocycles. The van der Waals surface area contributed by atoms with E-state index < -0.39 is 5.97 Å². The Labute approximate surface area is 98.2 Å². The third-order valence-electron chi connectivity index (χ3n) is 3.03. The highest BCUT2D eigenvalue weighted by Crippen LogP contribution is 2.26. The number of carboxylic acid groups (broad SMARTS) is 1. The molecule has 0 amide bonds. The van der Waals surface area contributed by atoms with Crippen LogP contribution in [0.4, 0.5) is 0 Å². The summed E-state index contributed by atoms with van der Waals surface area (Å²) >= 11 is 0. The lowest BCUT2D eigenvalue weighted by Gasteiger charge is -2.18. The van der Waals surface area contributed by atoms with E-state index in [9.17, 15) is 4.79 Å². The Morgan fingerprint density at radius 3 is 2.50 bits per heavy atom. The number of hydrogen-bond donors (Lipinski definition) is 1. The average Bonchev–Trinajstić information content (AvgIpc) is 2.91. The highest BCUT2D eigenvalue weighted by atomic mass is 16.6. The highest BCUT2D eigenvalue weighted by Gasteiger charge is 2.29. The highest BCUT2D eigenvalue weighted by molar-refractivity contribution is 5.69. The van der Waals surface area contributed by atoms with Crippen molar-refractivity contribution in [3.05, 3.63) is 0 Å². The quantitative estimate of drug-likeness (QED) is 0.538. The van der Waals surface area contributed by atoms with Gasteiger partial charge in [0, 0.05) is 0 Å². The summed E-state index contributed by atoms with van der Waals surface area (Å²) in [6, 6.07) is 0.